The molecule has 1 aliphatic heterocycles. The summed E-state index contributed by atoms with van der Waals surface area (Å²) in [5.74, 6) is 0.645. The first kappa shape index (κ1) is 16.5. The molecule has 1 saturated carbocycles. The van der Waals surface area contributed by atoms with Gasteiger partial charge < -0.3 is 10.1 Å². The van der Waals surface area contributed by atoms with Crippen molar-refractivity contribution < 1.29 is 9.53 Å². The maximum atomic E-state index is 12.8. The smallest absolute Gasteiger partial charge is 0.226 e. The van der Waals surface area contributed by atoms with E-state index in [-0.39, 0.29) is 17.9 Å². The van der Waals surface area contributed by atoms with Crippen LogP contribution in [0.1, 0.15) is 49.2 Å². The Balaban J connectivity index is 1.45. The zero-order chi connectivity index (χ0) is 17.2. The summed E-state index contributed by atoms with van der Waals surface area (Å²) in [7, 11) is 0. The molecule has 0 spiro atoms. The summed E-state index contributed by atoms with van der Waals surface area (Å²) >= 11 is 5.29. The standard InChI is InChI=1S/C18H22N4O2S/c23-17(19-11-15-20-21-18(25)22(15)13-8-9-13)14-7-4-10-24-16(14)12-5-2-1-3-6-12/h1-3,5-6,13-14,16H,4,7-11H2,(H,19,23)(H,21,25)/t14-,16-/m0/s1. The topological polar surface area (TPSA) is 71.9 Å². The average molecular weight is 358 g/mol. The number of rotatable bonds is 5. The van der Waals surface area contributed by atoms with Crippen LogP contribution in [-0.4, -0.2) is 27.3 Å². The van der Waals surface area contributed by atoms with E-state index in [0.29, 0.717) is 24.0 Å². The second-order valence-corrected chi connectivity index (χ2v) is 7.10. The number of carbonyl (C=O) groups excluding carboxylic acids is 1. The first-order valence-corrected chi connectivity index (χ1v) is 9.25. The van der Waals surface area contributed by atoms with E-state index in [4.69, 9.17) is 17.0 Å². The number of H-pyrrole nitrogens is 1. The third kappa shape index (κ3) is 3.52. The zero-order valence-corrected chi connectivity index (χ0v) is 14.8. The van der Waals surface area contributed by atoms with Gasteiger partial charge in [0.15, 0.2) is 10.6 Å². The van der Waals surface area contributed by atoms with E-state index in [9.17, 15) is 4.79 Å². The number of amides is 1. The van der Waals surface area contributed by atoms with E-state index in [1.54, 1.807) is 0 Å². The Hall–Kier alpha value is -1.99. The lowest BCUT2D eigenvalue weighted by Gasteiger charge is -2.31. The Kier molecular flexibility index (Phi) is 4.67. The number of benzene rings is 1. The predicted octanol–water partition coefficient (Wildman–Crippen LogP) is 3.06. The zero-order valence-electron chi connectivity index (χ0n) is 14.0. The number of nitrogens with zero attached hydrogens (tertiary/aromatic N) is 2. The normalized spacial score (nSPS) is 23.4. The van der Waals surface area contributed by atoms with Crippen molar-refractivity contribution in [2.24, 2.45) is 5.92 Å². The van der Waals surface area contributed by atoms with E-state index in [2.05, 4.69) is 15.5 Å². The summed E-state index contributed by atoms with van der Waals surface area (Å²) in [6.07, 6.45) is 3.81. The van der Waals surface area contributed by atoms with Crippen LogP contribution in [0, 0.1) is 10.7 Å². The van der Waals surface area contributed by atoms with Gasteiger partial charge >= 0.3 is 0 Å². The predicted molar refractivity (Wildman–Crippen MR) is 95.4 cm³/mol. The Labute approximate surface area is 151 Å². The molecule has 1 aliphatic carbocycles. The van der Waals surface area contributed by atoms with Crippen LogP contribution in [0.2, 0.25) is 0 Å². The molecule has 2 N–H and O–H groups in total. The van der Waals surface area contributed by atoms with Crippen molar-refractivity contribution >= 4 is 18.1 Å². The fraction of sp³-hybridized carbons (Fsp3) is 0.500. The van der Waals surface area contributed by atoms with Crippen molar-refractivity contribution in [1.29, 1.82) is 0 Å². The number of aromatic nitrogens is 3. The fourth-order valence-corrected chi connectivity index (χ4v) is 3.79. The number of hydrogen-bond donors (Lipinski definition) is 2. The molecule has 0 bridgehead atoms. The van der Waals surface area contributed by atoms with Gasteiger partial charge in [-0.1, -0.05) is 30.3 Å². The van der Waals surface area contributed by atoms with Crippen LogP contribution in [0.5, 0.6) is 0 Å². The van der Waals surface area contributed by atoms with Gasteiger partial charge in [-0.05, 0) is 43.5 Å². The van der Waals surface area contributed by atoms with Gasteiger partial charge in [0.2, 0.25) is 5.91 Å². The molecule has 2 heterocycles. The Morgan fingerprint density at radius 3 is 2.88 bits per heavy atom. The van der Waals surface area contributed by atoms with Gasteiger partial charge in [0, 0.05) is 12.6 Å². The van der Waals surface area contributed by atoms with Crippen LogP contribution in [0.4, 0.5) is 0 Å². The van der Waals surface area contributed by atoms with Crippen molar-refractivity contribution in [3.05, 3.63) is 46.5 Å². The minimum Gasteiger partial charge on any atom is -0.373 e. The molecule has 1 aromatic carbocycles. The van der Waals surface area contributed by atoms with Crippen LogP contribution in [0.25, 0.3) is 0 Å². The van der Waals surface area contributed by atoms with Crippen molar-refractivity contribution in [3.8, 4) is 0 Å². The lowest BCUT2D eigenvalue weighted by molar-refractivity contribution is -0.135. The minimum atomic E-state index is -0.181. The summed E-state index contributed by atoms with van der Waals surface area (Å²) in [6, 6.07) is 10.4. The molecule has 4 rings (SSSR count). The number of nitrogens with one attached hydrogen (secondary N) is 2. The van der Waals surface area contributed by atoms with Crippen LogP contribution in [0.3, 0.4) is 0 Å². The molecule has 2 fully saturated rings. The molecule has 132 valence electrons. The summed E-state index contributed by atoms with van der Waals surface area (Å²) < 4.78 is 8.58. The van der Waals surface area contributed by atoms with Gasteiger partial charge in [-0.15, -0.1) is 0 Å². The first-order valence-electron chi connectivity index (χ1n) is 8.84. The van der Waals surface area contributed by atoms with Crippen LogP contribution in [-0.2, 0) is 16.1 Å². The maximum absolute atomic E-state index is 12.8. The van der Waals surface area contributed by atoms with Crippen LogP contribution in [0.15, 0.2) is 30.3 Å². The average Bonchev–Trinajstić information content (AvgIpc) is 3.43. The summed E-state index contributed by atoms with van der Waals surface area (Å²) in [4.78, 5) is 12.8. The summed E-state index contributed by atoms with van der Waals surface area (Å²) in [5, 5.41) is 10.1. The van der Waals surface area contributed by atoms with Crippen molar-refractivity contribution in [2.45, 2.75) is 44.4 Å². The number of carbonyl (C=O) groups is 1. The van der Waals surface area contributed by atoms with Crippen molar-refractivity contribution in [3.63, 3.8) is 0 Å². The quantitative estimate of drug-likeness (QED) is 0.806. The third-order valence-corrected chi connectivity index (χ3v) is 5.19. The molecule has 1 saturated heterocycles. The SMILES string of the molecule is O=C(NCc1n[nH]c(=S)n1C1CC1)[C@H]1CCCO[C@H]1c1ccccc1. The Morgan fingerprint density at radius 2 is 2.12 bits per heavy atom. The first-order chi connectivity index (χ1) is 12.2. The van der Waals surface area contributed by atoms with Gasteiger partial charge in [-0.3, -0.25) is 14.5 Å². The van der Waals surface area contributed by atoms with Crippen molar-refractivity contribution in [2.75, 3.05) is 6.61 Å². The molecular weight excluding hydrogens is 336 g/mol. The molecule has 2 atom stereocenters. The Bertz CT molecular complexity index is 797. The summed E-state index contributed by atoms with van der Waals surface area (Å²) in [6.45, 7) is 1.09. The second kappa shape index (κ2) is 7.09. The van der Waals surface area contributed by atoms with E-state index in [0.717, 1.165) is 37.1 Å². The molecule has 25 heavy (non-hydrogen) atoms. The summed E-state index contributed by atoms with van der Waals surface area (Å²) in [5.41, 5.74) is 1.06. The largest absolute Gasteiger partial charge is 0.373 e. The monoisotopic (exact) mass is 358 g/mol. The molecule has 1 aromatic heterocycles. The Morgan fingerprint density at radius 1 is 1.32 bits per heavy atom. The van der Waals surface area contributed by atoms with E-state index >= 15 is 0 Å². The highest BCUT2D eigenvalue weighted by Crippen LogP contribution is 2.36. The van der Waals surface area contributed by atoms with E-state index < -0.39 is 0 Å². The van der Waals surface area contributed by atoms with Gasteiger partial charge in [-0.25, -0.2) is 0 Å². The molecule has 0 radical (unpaired) electrons. The lowest BCUT2D eigenvalue weighted by atomic mass is 9.89. The van der Waals surface area contributed by atoms with Crippen molar-refractivity contribution in [1.82, 2.24) is 20.1 Å². The van der Waals surface area contributed by atoms with Crippen LogP contribution < -0.4 is 5.32 Å². The third-order valence-electron chi connectivity index (χ3n) is 4.90. The molecule has 0 unspecified atom stereocenters. The number of hydrogen-bond acceptors (Lipinski definition) is 4. The van der Waals surface area contributed by atoms with Gasteiger partial charge in [-0.2, -0.15) is 5.10 Å². The maximum Gasteiger partial charge on any atom is 0.226 e. The van der Waals surface area contributed by atoms with Gasteiger partial charge in [0.05, 0.1) is 18.6 Å². The molecular formula is C18H22N4O2S. The lowest BCUT2D eigenvalue weighted by Crippen LogP contribution is -2.37. The highest BCUT2D eigenvalue weighted by atomic mass is 32.1. The minimum absolute atomic E-state index is 0.0184. The van der Waals surface area contributed by atoms with E-state index in [1.165, 1.54) is 0 Å². The van der Waals surface area contributed by atoms with Gasteiger partial charge in [0.25, 0.3) is 0 Å². The fourth-order valence-electron chi connectivity index (χ4n) is 3.49. The second-order valence-electron chi connectivity index (χ2n) is 6.71. The molecule has 6 nitrogen and oxygen atoms in total. The molecule has 2 aromatic rings. The number of aromatic amines is 1. The highest BCUT2D eigenvalue weighted by Gasteiger charge is 2.33. The van der Waals surface area contributed by atoms with Gasteiger partial charge in [0.1, 0.15) is 0 Å². The van der Waals surface area contributed by atoms with Crippen LogP contribution >= 0.6 is 12.2 Å². The number of ether oxygens (including phenoxy) is 1. The molecule has 2 aliphatic rings. The van der Waals surface area contributed by atoms with E-state index in [1.807, 2.05) is 34.9 Å². The highest BCUT2D eigenvalue weighted by molar-refractivity contribution is 7.71. The molecule has 1 amide bonds. The molecule has 7 heteroatoms.